The highest BCUT2D eigenvalue weighted by atomic mass is 16.3. The first-order valence-corrected chi connectivity index (χ1v) is 5.56. The predicted octanol–water partition coefficient (Wildman–Crippen LogP) is 2.23. The maximum absolute atomic E-state index is 9.39. The SMILES string of the molecule is CC(C)(N)C1CCc2cc(O)ccc2C1. The standard InChI is InChI=1S/C13H19NO/c1-13(2,14)11-5-3-10-8-12(15)6-4-9(10)7-11/h4,6,8,11,15H,3,5,7,14H2,1-2H3. The van der Waals surface area contributed by atoms with Crippen LogP contribution in [0.15, 0.2) is 18.2 Å². The second-order valence-electron chi connectivity index (χ2n) is 5.21. The van der Waals surface area contributed by atoms with Crippen molar-refractivity contribution >= 4 is 0 Å². The smallest absolute Gasteiger partial charge is 0.115 e. The maximum atomic E-state index is 9.39. The van der Waals surface area contributed by atoms with Gasteiger partial charge in [0.25, 0.3) is 0 Å². The number of fused-ring (bicyclic) bond motifs is 1. The zero-order valence-electron chi connectivity index (χ0n) is 9.46. The number of benzene rings is 1. The summed E-state index contributed by atoms with van der Waals surface area (Å²) < 4.78 is 0. The van der Waals surface area contributed by atoms with Gasteiger partial charge in [-0.05, 0) is 62.3 Å². The van der Waals surface area contributed by atoms with Gasteiger partial charge in [-0.2, -0.15) is 0 Å². The molecular formula is C13H19NO. The van der Waals surface area contributed by atoms with Crippen molar-refractivity contribution in [2.45, 2.75) is 38.6 Å². The van der Waals surface area contributed by atoms with Gasteiger partial charge in [-0.25, -0.2) is 0 Å². The lowest BCUT2D eigenvalue weighted by Gasteiger charge is -2.34. The van der Waals surface area contributed by atoms with Crippen LogP contribution in [-0.4, -0.2) is 10.6 Å². The fraction of sp³-hybridized carbons (Fsp3) is 0.538. The number of rotatable bonds is 1. The molecule has 1 aromatic carbocycles. The third-order valence-corrected chi connectivity index (χ3v) is 3.47. The topological polar surface area (TPSA) is 46.2 Å². The molecule has 82 valence electrons. The molecule has 3 N–H and O–H groups in total. The molecule has 1 aliphatic carbocycles. The van der Waals surface area contributed by atoms with Crippen LogP contribution < -0.4 is 5.73 Å². The number of nitrogens with two attached hydrogens (primary N) is 1. The molecule has 0 heterocycles. The number of aryl methyl sites for hydroxylation is 1. The molecule has 2 heteroatoms. The van der Waals surface area contributed by atoms with Gasteiger partial charge < -0.3 is 10.8 Å². The Morgan fingerprint density at radius 3 is 2.73 bits per heavy atom. The normalized spacial score (nSPS) is 21.1. The summed E-state index contributed by atoms with van der Waals surface area (Å²) >= 11 is 0. The summed E-state index contributed by atoms with van der Waals surface area (Å²) in [6.07, 6.45) is 3.20. The Morgan fingerprint density at radius 1 is 1.33 bits per heavy atom. The molecule has 2 rings (SSSR count). The molecule has 1 aromatic rings. The zero-order valence-corrected chi connectivity index (χ0v) is 9.46. The Balaban J connectivity index is 2.24. The van der Waals surface area contributed by atoms with E-state index in [1.54, 1.807) is 6.07 Å². The van der Waals surface area contributed by atoms with Crippen molar-refractivity contribution in [3.05, 3.63) is 29.3 Å². The average Bonchev–Trinajstić information content (AvgIpc) is 2.15. The van der Waals surface area contributed by atoms with Gasteiger partial charge in [-0.15, -0.1) is 0 Å². The highest BCUT2D eigenvalue weighted by Crippen LogP contribution is 2.32. The highest BCUT2D eigenvalue weighted by molar-refractivity contribution is 5.37. The summed E-state index contributed by atoms with van der Waals surface area (Å²) in [5.74, 6) is 0.925. The number of hydrogen-bond acceptors (Lipinski definition) is 2. The summed E-state index contributed by atoms with van der Waals surface area (Å²) in [4.78, 5) is 0. The van der Waals surface area contributed by atoms with E-state index in [1.807, 2.05) is 12.1 Å². The van der Waals surface area contributed by atoms with Gasteiger partial charge in [0.15, 0.2) is 0 Å². The Bertz CT molecular complexity index is 365. The molecule has 15 heavy (non-hydrogen) atoms. The quantitative estimate of drug-likeness (QED) is 0.738. The molecule has 0 amide bonds. The van der Waals surface area contributed by atoms with Crippen LogP contribution >= 0.6 is 0 Å². The molecule has 1 atom stereocenters. The minimum atomic E-state index is -0.102. The van der Waals surface area contributed by atoms with Gasteiger partial charge in [-0.3, -0.25) is 0 Å². The van der Waals surface area contributed by atoms with E-state index in [0.717, 1.165) is 19.3 Å². The minimum Gasteiger partial charge on any atom is -0.508 e. The van der Waals surface area contributed by atoms with Crippen molar-refractivity contribution in [2.24, 2.45) is 11.7 Å². The lowest BCUT2D eigenvalue weighted by atomic mass is 9.75. The summed E-state index contributed by atoms with van der Waals surface area (Å²) in [7, 11) is 0. The van der Waals surface area contributed by atoms with Crippen molar-refractivity contribution in [2.75, 3.05) is 0 Å². The first-order valence-electron chi connectivity index (χ1n) is 5.56. The van der Waals surface area contributed by atoms with E-state index in [9.17, 15) is 5.11 Å². The van der Waals surface area contributed by atoms with E-state index in [2.05, 4.69) is 13.8 Å². The highest BCUT2D eigenvalue weighted by Gasteiger charge is 2.28. The second-order valence-corrected chi connectivity index (χ2v) is 5.21. The number of phenolic OH excluding ortho intramolecular Hbond substituents is 1. The lowest BCUT2D eigenvalue weighted by molar-refractivity contribution is 0.288. The Hall–Kier alpha value is -1.02. The van der Waals surface area contributed by atoms with Gasteiger partial charge in [0.1, 0.15) is 5.75 Å². The Kier molecular flexibility index (Phi) is 2.47. The summed E-state index contributed by atoms with van der Waals surface area (Å²) in [5, 5.41) is 9.39. The van der Waals surface area contributed by atoms with Crippen LogP contribution in [0.1, 0.15) is 31.4 Å². The van der Waals surface area contributed by atoms with Crippen LogP contribution in [0.25, 0.3) is 0 Å². The van der Waals surface area contributed by atoms with Gasteiger partial charge in [-0.1, -0.05) is 6.07 Å². The van der Waals surface area contributed by atoms with Crippen molar-refractivity contribution in [1.29, 1.82) is 0 Å². The van der Waals surface area contributed by atoms with E-state index in [-0.39, 0.29) is 5.54 Å². The molecule has 0 aromatic heterocycles. The summed E-state index contributed by atoms with van der Waals surface area (Å²) in [6, 6.07) is 5.68. The molecule has 1 aliphatic rings. The van der Waals surface area contributed by atoms with Gasteiger partial charge in [0.05, 0.1) is 0 Å². The van der Waals surface area contributed by atoms with Crippen LogP contribution in [0.5, 0.6) is 5.75 Å². The van der Waals surface area contributed by atoms with E-state index < -0.39 is 0 Å². The molecule has 2 nitrogen and oxygen atoms in total. The first kappa shape index (κ1) is 10.5. The van der Waals surface area contributed by atoms with E-state index in [0.29, 0.717) is 11.7 Å². The van der Waals surface area contributed by atoms with Crippen LogP contribution in [0, 0.1) is 5.92 Å². The Morgan fingerprint density at radius 2 is 2.07 bits per heavy atom. The van der Waals surface area contributed by atoms with E-state index in [1.165, 1.54) is 11.1 Å². The average molecular weight is 205 g/mol. The number of hydrogen-bond donors (Lipinski definition) is 2. The molecular weight excluding hydrogens is 186 g/mol. The molecule has 0 fully saturated rings. The minimum absolute atomic E-state index is 0.102. The summed E-state index contributed by atoms with van der Waals surface area (Å²) in [6.45, 7) is 4.20. The molecule has 0 radical (unpaired) electrons. The molecule has 0 bridgehead atoms. The van der Waals surface area contributed by atoms with Crippen LogP contribution in [0.3, 0.4) is 0 Å². The van der Waals surface area contributed by atoms with Gasteiger partial charge >= 0.3 is 0 Å². The van der Waals surface area contributed by atoms with E-state index in [4.69, 9.17) is 5.73 Å². The number of phenols is 1. The van der Waals surface area contributed by atoms with Gasteiger partial charge in [0.2, 0.25) is 0 Å². The zero-order chi connectivity index (χ0) is 11.1. The second kappa shape index (κ2) is 3.53. The third kappa shape index (κ3) is 2.15. The van der Waals surface area contributed by atoms with Crippen molar-refractivity contribution in [3.63, 3.8) is 0 Å². The Labute approximate surface area is 91.1 Å². The molecule has 0 spiro atoms. The van der Waals surface area contributed by atoms with Gasteiger partial charge in [0, 0.05) is 5.54 Å². The summed E-state index contributed by atoms with van der Waals surface area (Å²) in [5.41, 5.74) is 8.68. The molecule has 0 saturated carbocycles. The van der Waals surface area contributed by atoms with Crippen molar-refractivity contribution in [3.8, 4) is 5.75 Å². The van der Waals surface area contributed by atoms with Crippen molar-refractivity contribution < 1.29 is 5.11 Å². The van der Waals surface area contributed by atoms with E-state index >= 15 is 0 Å². The maximum Gasteiger partial charge on any atom is 0.115 e. The fourth-order valence-corrected chi connectivity index (χ4v) is 2.38. The van der Waals surface area contributed by atoms with Crippen molar-refractivity contribution in [1.82, 2.24) is 0 Å². The van der Waals surface area contributed by atoms with Crippen LogP contribution in [0.4, 0.5) is 0 Å². The predicted molar refractivity (Wildman–Crippen MR) is 61.9 cm³/mol. The fourth-order valence-electron chi connectivity index (χ4n) is 2.38. The largest absolute Gasteiger partial charge is 0.508 e. The van der Waals surface area contributed by atoms with Crippen LogP contribution in [-0.2, 0) is 12.8 Å². The molecule has 1 unspecified atom stereocenters. The lowest BCUT2D eigenvalue weighted by Crippen LogP contribution is -2.43. The van der Waals surface area contributed by atoms with Crippen LogP contribution in [0.2, 0.25) is 0 Å². The molecule has 0 saturated heterocycles. The monoisotopic (exact) mass is 205 g/mol. The first-order chi connectivity index (χ1) is 6.97. The molecule has 0 aliphatic heterocycles. The number of aromatic hydroxyl groups is 1. The third-order valence-electron chi connectivity index (χ3n) is 3.47.